The largest absolute Gasteiger partial charge is 0.491 e. The molecule has 0 saturated carbocycles. The lowest BCUT2D eigenvalue weighted by atomic mass is 10.0. The normalized spacial score (nSPS) is 20.7. The summed E-state index contributed by atoms with van der Waals surface area (Å²) in [5.41, 5.74) is 3.35. The molecule has 1 unspecified atom stereocenters. The van der Waals surface area contributed by atoms with Gasteiger partial charge in [-0.25, -0.2) is 0 Å². The summed E-state index contributed by atoms with van der Waals surface area (Å²) in [6.07, 6.45) is 0.530. The second kappa shape index (κ2) is 9.34. The summed E-state index contributed by atoms with van der Waals surface area (Å²) in [5.74, 6) is 0.765. The van der Waals surface area contributed by atoms with E-state index in [4.69, 9.17) is 4.74 Å². The molecule has 2 aromatic carbocycles. The van der Waals surface area contributed by atoms with Crippen LogP contribution in [-0.2, 0) is 6.42 Å². The maximum Gasteiger partial charge on any atom is 0.124 e. The zero-order chi connectivity index (χ0) is 20.2. The molecule has 2 aromatic rings. The van der Waals surface area contributed by atoms with Gasteiger partial charge in [-0.3, -0.25) is 4.90 Å². The smallest absolute Gasteiger partial charge is 0.124 e. The van der Waals surface area contributed by atoms with E-state index in [1.165, 1.54) is 5.69 Å². The van der Waals surface area contributed by atoms with Gasteiger partial charge in [0, 0.05) is 48.6 Å². The van der Waals surface area contributed by atoms with Gasteiger partial charge in [0.05, 0.1) is 0 Å². The Morgan fingerprint density at radius 2 is 1.86 bits per heavy atom. The molecule has 1 fully saturated rings. The van der Waals surface area contributed by atoms with Gasteiger partial charge in [0.15, 0.2) is 0 Å². The van der Waals surface area contributed by atoms with Crippen LogP contribution >= 0.6 is 15.9 Å². The summed E-state index contributed by atoms with van der Waals surface area (Å²) in [5, 5.41) is 23.1. The van der Waals surface area contributed by atoms with Crippen LogP contribution in [-0.4, -0.2) is 66.8 Å². The van der Waals surface area contributed by atoms with Crippen molar-refractivity contribution < 1.29 is 14.9 Å². The van der Waals surface area contributed by atoms with Crippen LogP contribution in [0.25, 0.3) is 0 Å². The summed E-state index contributed by atoms with van der Waals surface area (Å²) in [6.45, 7) is 4.67. The fourth-order valence-corrected chi connectivity index (χ4v) is 4.20. The standard InChI is InChI=1S/C22H28BrN3O3/c23-17-2-4-18(5-3-17)26-11-9-25(10-12-26)14-19(27)15-29-20-6-7-21-16(13-20)1-8-22(28)24-21/h2-7,13,19,22,24,27-28H,1,8-12,14-15H2/t19-,22?/m0/s1. The van der Waals surface area contributed by atoms with Gasteiger partial charge in [0.2, 0.25) is 0 Å². The number of hydrogen-bond donors (Lipinski definition) is 3. The Morgan fingerprint density at radius 1 is 1.10 bits per heavy atom. The third-order valence-electron chi connectivity index (χ3n) is 5.56. The zero-order valence-electron chi connectivity index (χ0n) is 16.4. The van der Waals surface area contributed by atoms with Gasteiger partial charge in [-0.1, -0.05) is 15.9 Å². The molecule has 2 atom stereocenters. The number of nitrogens with zero attached hydrogens (tertiary/aromatic N) is 2. The highest BCUT2D eigenvalue weighted by Crippen LogP contribution is 2.28. The minimum absolute atomic E-state index is 0.280. The SMILES string of the molecule is OC1CCc2cc(OC[C@@H](O)CN3CCN(c4ccc(Br)cc4)CC3)ccc2N1. The van der Waals surface area contributed by atoms with E-state index >= 15 is 0 Å². The number of aliphatic hydroxyl groups is 2. The fourth-order valence-electron chi connectivity index (χ4n) is 3.94. The van der Waals surface area contributed by atoms with Crippen LogP contribution in [0.3, 0.4) is 0 Å². The van der Waals surface area contributed by atoms with E-state index in [-0.39, 0.29) is 6.61 Å². The van der Waals surface area contributed by atoms with Gasteiger partial charge < -0.3 is 25.2 Å². The fraction of sp³-hybridized carbons (Fsp3) is 0.455. The Kier molecular flexibility index (Phi) is 6.60. The second-order valence-electron chi connectivity index (χ2n) is 7.75. The van der Waals surface area contributed by atoms with Crippen LogP contribution in [0.5, 0.6) is 5.75 Å². The third-order valence-corrected chi connectivity index (χ3v) is 6.09. The summed E-state index contributed by atoms with van der Waals surface area (Å²) < 4.78 is 6.92. The summed E-state index contributed by atoms with van der Waals surface area (Å²) in [6, 6.07) is 14.2. The lowest BCUT2D eigenvalue weighted by molar-refractivity contribution is 0.0663. The third kappa shape index (κ3) is 5.42. The Hall–Kier alpha value is -1.80. The number of piperazine rings is 1. The number of nitrogens with one attached hydrogen (secondary N) is 1. The van der Waals surface area contributed by atoms with E-state index in [9.17, 15) is 10.2 Å². The molecule has 7 heteroatoms. The molecule has 0 spiro atoms. The average molecular weight is 462 g/mol. The highest BCUT2D eigenvalue weighted by atomic mass is 79.9. The predicted octanol–water partition coefficient (Wildman–Crippen LogP) is 2.69. The first-order valence-corrected chi connectivity index (χ1v) is 11.0. The van der Waals surface area contributed by atoms with Gasteiger partial charge in [0.25, 0.3) is 0 Å². The monoisotopic (exact) mass is 461 g/mol. The predicted molar refractivity (Wildman–Crippen MR) is 119 cm³/mol. The lowest BCUT2D eigenvalue weighted by Crippen LogP contribution is -2.49. The quantitative estimate of drug-likeness (QED) is 0.614. The molecule has 0 aromatic heterocycles. The Morgan fingerprint density at radius 3 is 2.62 bits per heavy atom. The van der Waals surface area contributed by atoms with Crippen LogP contribution in [0.1, 0.15) is 12.0 Å². The number of aryl methyl sites for hydroxylation is 1. The van der Waals surface area contributed by atoms with Crippen LogP contribution in [0.2, 0.25) is 0 Å². The summed E-state index contributed by atoms with van der Waals surface area (Å²) >= 11 is 3.48. The molecule has 29 heavy (non-hydrogen) atoms. The molecule has 2 aliphatic heterocycles. The first-order valence-electron chi connectivity index (χ1n) is 10.2. The maximum atomic E-state index is 10.4. The number of aliphatic hydroxyl groups excluding tert-OH is 2. The molecule has 6 nitrogen and oxygen atoms in total. The molecule has 0 radical (unpaired) electrons. The van der Waals surface area contributed by atoms with Gasteiger partial charge in [-0.2, -0.15) is 0 Å². The van der Waals surface area contributed by atoms with Crippen molar-refractivity contribution in [1.82, 2.24) is 4.90 Å². The van der Waals surface area contributed by atoms with Crippen LogP contribution in [0.4, 0.5) is 11.4 Å². The molecule has 1 saturated heterocycles. The number of β-amino-alcohol motifs (C(OH)–C–C–N with tert-alkyl or cyclic N) is 1. The molecule has 0 aliphatic carbocycles. The first kappa shape index (κ1) is 20.5. The van der Waals surface area contributed by atoms with Gasteiger partial charge in [-0.15, -0.1) is 0 Å². The minimum atomic E-state index is -0.523. The van der Waals surface area contributed by atoms with Crippen molar-refractivity contribution in [1.29, 1.82) is 0 Å². The number of fused-ring (bicyclic) bond motifs is 1. The van der Waals surface area contributed by atoms with Crippen LogP contribution in [0.15, 0.2) is 46.9 Å². The molecule has 4 rings (SSSR count). The molecular weight excluding hydrogens is 434 g/mol. The highest BCUT2D eigenvalue weighted by molar-refractivity contribution is 9.10. The van der Waals surface area contributed by atoms with Gasteiger partial charge in [-0.05, 0) is 60.9 Å². The van der Waals surface area contributed by atoms with E-state index in [0.717, 1.165) is 54.1 Å². The Labute approximate surface area is 180 Å². The molecule has 3 N–H and O–H groups in total. The molecule has 2 heterocycles. The van der Waals surface area contributed by atoms with Crippen LogP contribution < -0.4 is 15.0 Å². The van der Waals surface area contributed by atoms with Crippen LogP contribution in [0, 0.1) is 0 Å². The van der Waals surface area contributed by atoms with E-state index in [1.807, 2.05) is 18.2 Å². The molecule has 156 valence electrons. The number of halogens is 1. The Bertz CT molecular complexity index is 809. The average Bonchev–Trinajstić information content (AvgIpc) is 2.73. The molecule has 2 aliphatic rings. The van der Waals surface area contributed by atoms with Gasteiger partial charge >= 0.3 is 0 Å². The van der Waals surface area contributed by atoms with E-state index < -0.39 is 12.3 Å². The van der Waals surface area contributed by atoms with Crippen molar-refractivity contribution >= 4 is 27.3 Å². The van der Waals surface area contributed by atoms with Crippen molar-refractivity contribution in [3.8, 4) is 5.75 Å². The molecular formula is C22H28BrN3O3. The molecule has 0 amide bonds. The molecule has 0 bridgehead atoms. The van der Waals surface area contributed by atoms with E-state index in [2.05, 4.69) is 55.3 Å². The number of hydrogen-bond acceptors (Lipinski definition) is 6. The number of ether oxygens (including phenoxy) is 1. The minimum Gasteiger partial charge on any atom is -0.491 e. The lowest BCUT2D eigenvalue weighted by Gasteiger charge is -2.36. The zero-order valence-corrected chi connectivity index (χ0v) is 18.0. The number of rotatable bonds is 6. The number of anilines is 2. The highest BCUT2D eigenvalue weighted by Gasteiger charge is 2.20. The van der Waals surface area contributed by atoms with Crippen molar-refractivity contribution in [2.24, 2.45) is 0 Å². The number of benzene rings is 2. The topological polar surface area (TPSA) is 68.2 Å². The van der Waals surface area contributed by atoms with Crippen molar-refractivity contribution in [2.45, 2.75) is 25.2 Å². The second-order valence-corrected chi connectivity index (χ2v) is 8.66. The van der Waals surface area contributed by atoms with Gasteiger partial charge in [0.1, 0.15) is 24.7 Å². The first-order chi connectivity index (χ1) is 14.1. The summed E-state index contributed by atoms with van der Waals surface area (Å²) in [4.78, 5) is 4.67. The van der Waals surface area contributed by atoms with E-state index in [0.29, 0.717) is 13.0 Å². The summed E-state index contributed by atoms with van der Waals surface area (Å²) in [7, 11) is 0. The Balaban J connectivity index is 1.21. The van der Waals surface area contributed by atoms with E-state index in [1.54, 1.807) is 0 Å². The van der Waals surface area contributed by atoms with Crippen molar-refractivity contribution in [3.05, 3.63) is 52.5 Å². The van der Waals surface area contributed by atoms with Crippen molar-refractivity contribution in [2.75, 3.05) is 49.5 Å². The maximum absolute atomic E-state index is 10.4. The van der Waals surface area contributed by atoms with Crippen molar-refractivity contribution in [3.63, 3.8) is 0 Å².